The van der Waals surface area contributed by atoms with Crippen LogP contribution < -0.4 is 4.90 Å². The molecule has 2 fully saturated rings. The SMILES string of the molecule is Cc1cc([C@@H]2C[C@@H]3C(=C(C(C)C)C[C@@H]4C(=O)N(c5cc(C(F)(F)F)cc(C(F)(F)F)c5)C(=O)[C@@H]43)B(O)O2)cc(C)c1O. The van der Waals surface area contributed by atoms with Crippen LogP contribution in [0.5, 0.6) is 5.75 Å². The van der Waals surface area contributed by atoms with E-state index in [9.17, 15) is 46.1 Å². The molecule has 2 amide bonds. The fourth-order valence-corrected chi connectivity index (χ4v) is 6.61. The zero-order valence-corrected chi connectivity index (χ0v) is 23.1. The van der Waals surface area contributed by atoms with E-state index < -0.39 is 72.0 Å². The number of carbonyl (C=O) groups excluding carboxylic acids is 2. The molecular weight excluding hydrogens is 567 g/mol. The minimum Gasteiger partial charge on any atom is -0.507 e. The van der Waals surface area contributed by atoms with Gasteiger partial charge in [-0.1, -0.05) is 19.4 Å². The molecule has 2 N–H and O–H groups in total. The first-order valence-corrected chi connectivity index (χ1v) is 13.4. The maximum Gasteiger partial charge on any atom is 0.487 e. The highest BCUT2D eigenvalue weighted by Crippen LogP contribution is 2.54. The van der Waals surface area contributed by atoms with Gasteiger partial charge in [-0.25, -0.2) is 4.90 Å². The maximum atomic E-state index is 13.9. The zero-order chi connectivity index (χ0) is 31.0. The first-order chi connectivity index (χ1) is 19.4. The predicted molar refractivity (Wildman–Crippen MR) is 140 cm³/mol. The quantitative estimate of drug-likeness (QED) is 0.247. The number of aryl methyl sites for hydroxylation is 2. The summed E-state index contributed by atoms with van der Waals surface area (Å²) in [5.74, 6) is -4.85. The number of allylic oxidation sites excluding steroid dienone is 2. The molecule has 0 saturated carbocycles. The van der Waals surface area contributed by atoms with Crippen molar-refractivity contribution in [1.82, 2.24) is 0 Å². The fraction of sp³-hybridized carbons (Fsp3) is 0.448. The van der Waals surface area contributed by atoms with Crippen LogP contribution in [0.3, 0.4) is 0 Å². The number of nitrogens with zero attached hydrogens (tertiary/aromatic N) is 1. The Morgan fingerprint density at radius 1 is 0.905 bits per heavy atom. The van der Waals surface area contributed by atoms with Crippen LogP contribution in [-0.2, 0) is 26.6 Å². The number of aromatic hydroxyl groups is 1. The molecule has 0 bridgehead atoms. The lowest BCUT2D eigenvalue weighted by atomic mass is 9.54. The molecule has 13 heteroatoms. The second-order valence-electron chi connectivity index (χ2n) is 11.6. The summed E-state index contributed by atoms with van der Waals surface area (Å²) in [5.41, 5.74) is -1.29. The van der Waals surface area contributed by atoms with Crippen LogP contribution >= 0.6 is 0 Å². The third-order valence-electron chi connectivity index (χ3n) is 8.56. The Balaban J connectivity index is 1.60. The van der Waals surface area contributed by atoms with Crippen molar-refractivity contribution in [3.8, 4) is 5.75 Å². The second-order valence-corrected chi connectivity index (χ2v) is 11.6. The summed E-state index contributed by atoms with van der Waals surface area (Å²) >= 11 is 0. The summed E-state index contributed by atoms with van der Waals surface area (Å²) in [6, 6.07) is 4.05. The number of halogens is 6. The third-order valence-corrected chi connectivity index (χ3v) is 8.56. The molecule has 5 rings (SSSR count). The number of benzene rings is 2. The van der Waals surface area contributed by atoms with Crippen LogP contribution in [0.1, 0.15) is 60.6 Å². The molecular formula is C29H28BF6NO5. The standard InChI is InChI=1S/C29H28BF6NO5/c1-12(2)19-10-21-23(20-11-22(42-30(41)24(19)20)15-5-13(3)25(38)14(4)6-15)27(40)37(26(21)39)18-8-16(28(31,32)33)7-17(9-18)29(34,35)36/h5-9,12,20-23,38,41H,10-11H2,1-4H3/t20-,21-,22-,23+/m0/s1. The van der Waals surface area contributed by atoms with Gasteiger partial charge in [-0.15, -0.1) is 0 Å². The Labute approximate surface area is 238 Å². The highest BCUT2D eigenvalue weighted by atomic mass is 19.4. The summed E-state index contributed by atoms with van der Waals surface area (Å²) in [7, 11) is -1.45. The molecule has 0 aromatic heterocycles. The molecule has 0 unspecified atom stereocenters. The van der Waals surface area contributed by atoms with Gasteiger partial charge in [0.05, 0.1) is 34.8 Å². The number of phenols is 1. The highest BCUT2D eigenvalue weighted by Gasteiger charge is 2.58. The van der Waals surface area contributed by atoms with Crippen molar-refractivity contribution in [3.05, 3.63) is 69.2 Å². The lowest BCUT2D eigenvalue weighted by Crippen LogP contribution is -2.45. The number of fused-ring (bicyclic) bond motifs is 3. The van der Waals surface area contributed by atoms with E-state index in [0.717, 1.165) is 0 Å². The zero-order valence-electron chi connectivity index (χ0n) is 23.1. The van der Waals surface area contributed by atoms with E-state index in [0.29, 0.717) is 44.8 Å². The Morgan fingerprint density at radius 2 is 1.45 bits per heavy atom. The van der Waals surface area contributed by atoms with E-state index in [1.54, 1.807) is 26.0 Å². The van der Waals surface area contributed by atoms with Gasteiger partial charge in [-0.2, -0.15) is 26.3 Å². The monoisotopic (exact) mass is 595 g/mol. The van der Waals surface area contributed by atoms with Gasteiger partial charge >= 0.3 is 19.5 Å². The lowest BCUT2D eigenvalue weighted by molar-refractivity contribution is -0.143. The normalized spacial score (nSPS) is 25.0. The highest BCUT2D eigenvalue weighted by molar-refractivity contribution is 6.53. The molecule has 0 spiro atoms. The molecule has 3 aliphatic rings. The number of imide groups is 1. The molecule has 1 aliphatic carbocycles. The summed E-state index contributed by atoms with van der Waals surface area (Å²) in [6.45, 7) is 7.02. The molecule has 2 aromatic carbocycles. The molecule has 2 heterocycles. The summed E-state index contributed by atoms with van der Waals surface area (Å²) < 4.78 is 87.5. The number of phenolic OH excluding ortho intramolecular Hbond substituents is 1. The van der Waals surface area contributed by atoms with Crippen LogP contribution in [0.15, 0.2) is 41.4 Å². The number of alkyl halides is 6. The van der Waals surface area contributed by atoms with Gasteiger partial charge in [-0.3, -0.25) is 9.59 Å². The Bertz CT molecular complexity index is 1450. The number of carbonyl (C=O) groups is 2. The van der Waals surface area contributed by atoms with Gasteiger partial charge in [0.15, 0.2) is 0 Å². The molecule has 2 saturated heterocycles. The molecule has 224 valence electrons. The third kappa shape index (κ3) is 5.00. The first-order valence-electron chi connectivity index (χ1n) is 13.4. The van der Waals surface area contributed by atoms with E-state index >= 15 is 0 Å². The van der Waals surface area contributed by atoms with E-state index in [1.807, 2.05) is 13.8 Å². The Morgan fingerprint density at radius 3 is 1.95 bits per heavy atom. The van der Waals surface area contributed by atoms with Crippen molar-refractivity contribution in [3.63, 3.8) is 0 Å². The van der Waals surface area contributed by atoms with E-state index in [2.05, 4.69) is 0 Å². The van der Waals surface area contributed by atoms with Crippen molar-refractivity contribution in [1.29, 1.82) is 0 Å². The average molecular weight is 595 g/mol. The van der Waals surface area contributed by atoms with Crippen molar-refractivity contribution in [2.24, 2.45) is 23.7 Å². The van der Waals surface area contributed by atoms with E-state index in [4.69, 9.17) is 4.65 Å². The first kappa shape index (κ1) is 30.2. The van der Waals surface area contributed by atoms with Crippen LogP contribution in [0, 0.1) is 37.5 Å². The summed E-state index contributed by atoms with van der Waals surface area (Å²) in [6.07, 6.45) is -11.0. The van der Waals surface area contributed by atoms with Crippen molar-refractivity contribution in [2.75, 3.05) is 4.90 Å². The van der Waals surface area contributed by atoms with Crippen molar-refractivity contribution in [2.45, 2.75) is 59.0 Å². The van der Waals surface area contributed by atoms with Crippen LogP contribution in [-0.4, -0.2) is 29.1 Å². The van der Waals surface area contributed by atoms with Gasteiger partial charge in [0.25, 0.3) is 0 Å². The van der Waals surface area contributed by atoms with Crippen LogP contribution in [0.25, 0.3) is 0 Å². The molecule has 0 radical (unpaired) electrons. The largest absolute Gasteiger partial charge is 0.507 e. The minimum absolute atomic E-state index is 0.00282. The molecule has 42 heavy (non-hydrogen) atoms. The Hall–Kier alpha value is -3.32. The smallest absolute Gasteiger partial charge is 0.487 e. The van der Waals surface area contributed by atoms with Gasteiger partial charge in [0.2, 0.25) is 11.8 Å². The maximum absolute atomic E-state index is 13.9. The van der Waals surface area contributed by atoms with Gasteiger partial charge in [0.1, 0.15) is 5.75 Å². The Kier molecular flexibility index (Phi) is 7.29. The van der Waals surface area contributed by atoms with Crippen molar-refractivity contribution >= 4 is 24.6 Å². The van der Waals surface area contributed by atoms with Crippen LogP contribution in [0.2, 0.25) is 0 Å². The number of rotatable bonds is 3. The molecule has 2 aromatic rings. The number of amides is 2. The second kappa shape index (κ2) is 10.2. The molecule has 2 aliphatic heterocycles. The average Bonchev–Trinajstić information content (AvgIpc) is 3.14. The molecule has 6 nitrogen and oxygen atoms in total. The van der Waals surface area contributed by atoms with E-state index in [-0.39, 0.29) is 30.6 Å². The number of hydrogen-bond acceptors (Lipinski definition) is 5. The van der Waals surface area contributed by atoms with Crippen LogP contribution in [0.4, 0.5) is 32.0 Å². The summed E-state index contributed by atoms with van der Waals surface area (Å²) in [4.78, 5) is 28.0. The minimum atomic E-state index is -5.16. The predicted octanol–water partition coefficient (Wildman–Crippen LogP) is 6.31. The molecule has 4 atom stereocenters. The van der Waals surface area contributed by atoms with E-state index in [1.165, 1.54) is 0 Å². The van der Waals surface area contributed by atoms with Gasteiger partial charge in [-0.05, 0) is 91.0 Å². The lowest BCUT2D eigenvalue weighted by Gasteiger charge is -2.43. The van der Waals surface area contributed by atoms with Gasteiger partial charge < -0.3 is 14.8 Å². The topological polar surface area (TPSA) is 87.1 Å². The summed E-state index contributed by atoms with van der Waals surface area (Å²) in [5, 5.41) is 21.4. The van der Waals surface area contributed by atoms with Crippen molar-refractivity contribution < 1.29 is 50.7 Å². The fourth-order valence-electron chi connectivity index (χ4n) is 6.61. The number of hydrogen-bond donors (Lipinski definition) is 2. The van der Waals surface area contributed by atoms with Gasteiger partial charge in [0, 0.05) is 0 Å². The number of anilines is 1.